The molecule has 0 radical (unpaired) electrons. The lowest BCUT2D eigenvalue weighted by Crippen LogP contribution is -2.00. The highest BCUT2D eigenvalue weighted by Crippen LogP contribution is 2.37. The minimum absolute atomic E-state index is 0.296. The molecule has 0 spiro atoms. The zero-order valence-corrected chi connectivity index (χ0v) is 8.47. The summed E-state index contributed by atoms with van der Waals surface area (Å²) < 4.78 is 15.4. The molecule has 82 valence electrons. The van der Waals surface area contributed by atoms with E-state index < -0.39 is 5.82 Å². The molecule has 0 atom stereocenters. The third-order valence-corrected chi connectivity index (χ3v) is 2.82. The van der Waals surface area contributed by atoms with E-state index in [0.29, 0.717) is 17.1 Å². The van der Waals surface area contributed by atoms with Crippen molar-refractivity contribution in [3.8, 4) is 0 Å². The van der Waals surface area contributed by atoms with Gasteiger partial charge in [0.25, 0.3) is 0 Å². The van der Waals surface area contributed by atoms with E-state index in [9.17, 15) is 4.39 Å². The lowest BCUT2D eigenvalue weighted by atomic mass is 10.1. The standard InChI is InChI=1S/C11H10FN3O/c12-10-4-1-7-5-13-15(8-2-3-8)11(7)9(10)6-14-16/h1,4-6,8,16H,2-3H2/b14-6+. The van der Waals surface area contributed by atoms with Crippen molar-refractivity contribution in [2.45, 2.75) is 18.9 Å². The van der Waals surface area contributed by atoms with Crippen LogP contribution in [0.5, 0.6) is 0 Å². The molecule has 2 aromatic rings. The van der Waals surface area contributed by atoms with Gasteiger partial charge in [0, 0.05) is 5.39 Å². The van der Waals surface area contributed by atoms with Crippen LogP contribution in [-0.4, -0.2) is 21.2 Å². The topological polar surface area (TPSA) is 50.4 Å². The number of halogens is 1. The van der Waals surface area contributed by atoms with Crippen molar-refractivity contribution in [3.63, 3.8) is 0 Å². The molecular weight excluding hydrogens is 209 g/mol. The quantitative estimate of drug-likeness (QED) is 0.478. The highest BCUT2D eigenvalue weighted by atomic mass is 19.1. The summed E-state index contributed by atoms with van der Waals surface area (Å²) in [5.74, 6) is -0.396. The molecule has 1 saturated carbocycles. The summed E-state index contributed by atoms with van der Waals surface area (Å²) in [6.07, 6.45) is 4.98. The number of nitrogens with zero attached hydrogens (tertiary/aromatic N) is 3. The Labute approximate surface area is 91.0 Å². The Morgan fingerprint density at radius 3 is 3.00 bits per heavy atom. The van der Waals surface area contributed by atoms with Gasteiger partial charge in [0.1, 0.15) is 5.82 Å². The van der Waals surface area contributed by atoms with E-state index in [0.717, 1.165) is 24.4 Å². The molecule has 1 aromatic heterocycles. The molecule has 0 unspecified atom stereocenters. The molecule has 3 rings (SSSR count). The molecule has 1 aliphatic rings. The zero-order valence-electron chi connectivity index (χ0n) is 8.47. The molecule has 1 aromatic carbocycles. The number of fused-ring (bicyclic) bond motifs is 1. The fourth-order valence-electron chi connectivity index (χ4n) is 1.92. The Bertz CT molecular complexity index is 572. The summed E-state index contributed by atoms with van der Waals surface area (Å²) in [5.41, 5.74) is 1.00. The monoisotopic (exact) mass is 219 g/mol. The van der Waals surface area contributed by atoms with Crippen LogP contribution in [0.1, 0.15) is 24.4 Å². The van der Waals surface area contributed by atoms with Crippen molar-refractivity contribution in [1.29, 1.82) is 0 Å². The van der Waals surface area contributed by atoms with Gasteiger partial charge in [0.2, 0.25) is 0 Å². The Hall–Kier alpha value is -1.91. The van der Waals surface area contributed by atoms with E-state index in [1.165, 1.54) is 6.07 Å². The first-order chi connectivity index (χ1) is 7.81. The van der Waals surface area contributed by atoms with Gasteiger partial charge in [-0.1, -0.05) is 5.16 Å². The van der Waals surface area contributed by atoms with Gasteiger partial charge in [-0.2, -0.15) is 5.10 Å². The van der Waals surface area contributed by atoms with Gasteiger partial charge >= 0.3 is 0 Å². The summed E-state index contributed by atoms with van der Waals surface area (Å²) in [7, 11) is 0. The predicted molar refractivity (Wildman–Crippen MR) is 57.3 cm³/mol. The molecular formula is C11H10FN3O. The molecule has 5 heteroatoms. The maximum absolute atomic E-state index is 13.6. The van der Waals surface area contributed by atoms with Gasteiger partial charge in [-0.15, -0.1) is 0 Å². The highest BCUT2D eigenvalue weighted by molar-refractivity contribution is 5.97. The van der Waals surface area contributed by atoms with Crippen LogP contribution in [0, 0.1) is 5.82 Å². The van der Waals surface area contributed by atoms with E-state index >= 15 is 0 Å². The SMILES string of the molecule is O/N=C/c1c(F)ccc2cnn(C3CC3)c12. The van der Waals surface area contributed by atoms with Gasteiger partial charge < -0.3 is 5.21 Å². The summed E-state index contributed by atoms with van der Waals surface area (Å²) in [4.78, 5) is 0. The normalized spacial score (nSPS) is 16.3. The second-order valence-electron chi connectivity index (χ2n) is 3.96. The number of aromatic nitrogens is 2. The summed E-state index contributed by atoms with van der Waals surface area (Å²) >= 11 is 0. The third kappa shape index (κ3) is 1.28. The zero-order chi connectivity index (χ0) is 11.1. The number of benzene rings is 1. The predicted octanol–water partition coefficient (Wildman–Crippen LogP) is 2.32. The van der Waals surface area contributed by atoms with Crippen molar-refractivity contribution in [2.24, 2.45) is 5.16 Å². The smallest absolute Gasteiger partial charge is 0.134 e. The summed E-state index contributed by atoms with van der Waals surface area (Å²) in [6.45, 7) is 0. The Morgan fingerprint density at radius 1 is 1.50 bits per heavy atom. The molecule has 4 nitrogen and oxygen atoms in total. The Kier molecular flexibility index (Phi) is 1.92. The minimum atomic E-state index is -0.396. The number of hydrogen-bond donors (Lipinski definition) is 1. The van der Waals surface area contributed by atoms with Crippen LogP contribution in [0.3, 0.4) is 0 Å². The van der Waals surface area contributed by atoms with Crippen LogP contribution in [0.4, 0.5) is 4.39 Å². The molecule has 0 bridgehead atoms. The van der Waals surface area contributed by atoms with E-state index in [2.05, 4.69) is 10.3 Å². The second kappa shape index (κ2) is 3.30. The molecule has 1 heterocycles. The fourth-order valence-corrected chi connectivity index (χ4v) is 1.92. The van der Waals surface area contributed by atoms with Crippen LogP contribution < -0.4 is 0 Å². The van der Waals surface area contributed by atoms with E-state index in [1.807, 2.05) is 4.68 Å². The summed E-state index contributed by atoms with van der Waals surface area (Å²) in [6, 6.07) is 3.41. The van der Waals surface area contributed by atoms with Crippen molar-refractivity contribution in [3.05, 3.63) is 29.7 Å². The molecule has 0 amide bonds. The second-order valence-corrected chi connectivity index (χ2v) is 3.96. The van der Waals surface area contributed by atoms with Gasteiger partial charge in [0.15, 0.2) is 0 Å². The van der Waals surface area contributed by atoms with Crippen molar-refractivity contribution in [2.75, 3.05) is 0 Å². The highest BCUT2D eigenvalue weighted by Gasteiger charge is 2.27. The van der Waals surface area contributed by atoms with Crippen LogP contribution in [-0.2, 0) is 0 Å². The number of oxime groups is 1. The Balaban J connectivity index is 2.33. The van der Waals surface area contributed by atoms with Crippen LogP contribution in [0.25, 0.3) is 10.9 Å². The first-order valence-electron chi connectivity index (χ1n) is 5.14. The summed E-state index contributed by atoms with van der Waals surface area (Å²) in [5, 5.41) is 16.6. The fraction of sp³-hybridized carbons (Fsp3) is 0.273. The van der Waals surface area contributed by atoms with Crippen LogP contribution in [0.15, 0.2) is 23.5 Å². The number of rotatable bonds is 2. The average molecular weight is 219 g/mol. The van der Waals surface area contributed by atoms with Crippen LogP contribution >= 0.6 is 0 Å². The molecule has 1 aliphatic carbocycles. The first kappa shape index (κ1) is 9.33. The molecule has 0 aliphatic heterocycles. The average Bonchev–Trinajstić information content (AvgIpc) is 3.03. The first-order valence-corrected chi connectivity index (χ1v) is 5.14. The van der Waals surface area contributed by atoms with Gasteiger partial charge in [0.05, 0.1) is 29.5 Å². The third-order valence-electron chi connectivity index (χ3n) is 2.82. The van der Waals surface area contributed by atoms with Gasteiger partial charge in [-0.25, -0.2) is 4.39 Å². The molecule has 1 N–H and O–H groups in total. The maximum Gasteiger partial charge on any atom is 0.134 e. The van der Waals surface area contributed by atoms with Crippen molar-refractivity contribution in [1.82, 2.24) is 9.78 Å². The van der Waals surface area contributed by atoms with Gasteiger partial charge in [-0.3, -0.25) is 4.68 Å². The number of hydrogen-bond acceptors (Lipinski definition) is 3. The van der Waals surface area contributed by atoms with Crippen molar-refractivity contribution >= 4 is 17.1 Å². The van der Waals surface area contributed by atoms with Crippen molar-refractivity contribution < 1.29 is 9.60 Å². The lowest BCUT2D eigenvalue weighted by Gasteiger charge is -2.04. The lowest BCUT2D eigenvalue weighted by molar-refractivity contribution is 0.321. The van der Waals surface area contributed by atoms with E-state index in [1.54, 1.807) is 12.3 Å². The van der Waals surface area contributed by atoms with E-state index in [4.69, 9.17) is 5.21 Å². The maximum atomic E-state index is 13.6. The minimum Gasteiger partial charge on any atom is -0.411 e. The molecule has 0 saturated heterocycles. The Morgan fingerprint density at radius 2 is 2.31 bits per heavy atom. The molecule has 1 fully saturated rings. The van der Waals surface area contributed by atoms with Gasteiger partial charge in [-0.05, 0) is 25.0 Å². The van der Waals surface area contributed by atoms with Crippen LogP contribution in [0.2, 0.25) is 0 Å². The molecule has 16 heavy (non-hydrogen) atoms. The van der Waals surface area contributed by atoms with E-state index in [-0.39, 0.29) is 0 Å². The largest absolute Gasteiger partial charge is 0.411 e.